The van der Waals surface area contributed by atoms with Crippen LogP contribution >= 0.6 is 0 Å². The van der Waals surface area contributed by atoms with Gasteiger partial charge in [0.25, 0.3) is 0 Å². The van der Waals surface area contributed by atoms with E-state index in [2.05, 4.69) is 18.7 Å². The third-order valence-electron chi connectivity index (χ3n) is 5.79. The second-order valence-corrected chi connectivity index (χ2v) is 7.08. The minimum absolute atomic E-state index is 0.0394. The van der Waals surface area contributed by atoms with Gasteiger partial charge in [0.15, 0.2) is 0 Å². The molecule has 3 rings (SSSR count). The van der Waals surface area contributed by atoms with Crippen molar-refractivity contribution >= 4 is 11.8 Å². The summed E-state index contributed by atoms with van der Waals surface area (Å²) in [4.78, 5) is 28.9. The van der Waals surface area contributed by atoms with Gasteiger partial charge in [0.2, 0.25) is 11.8 Å². The van der Waals surface area contributed by atoms with E-state index in [1.54, 1.807) is 6.08 Å². The van der Waals surface area contributed by atoms with Gasteiger partial charge in [-0.3, -0.25) is 9.59 Å². The molecule has 0 radical (unpaired) electrons. The Hall–Kier alpha value is -2.14. The van der Waals surface area contributed by atoms with Gasteiger partial charge in [0.05, 0.1) is 5.54 Å². The molecular weight excluding hydrogens is 328 g/mol. The van der Waals surface area contributed by atoms with Crippen molar-refractivity contribution in [3.63, 3.8) is 0 Å². The first-order chi connectivity index (χ1) is 12.6. The number of carbonyl (C=O) groups is 2. The van der Waals surface area contributed by atoms with E-state index >= 15 is 0 Å². The van der Waals surface area contributed by atoms with Crippen LogP contribution in [0.5, 0.6) is 0 Å². The molecule has 26 heavy (non-hydrogen) atoms. The Morgan fingerprint density at radius 3 is 2.62 bits per heavy atom. The van der Waals surface area contributed by atoms with Crippen LogP contribution in [0.25, 0.3) is 0 Å². The molecule has 1 unspecified atom stereocenters. The number of amides is 2. The maximum absolute atomic E-state index is 12.8. The van der Waals surface area contributed by atoms with Crippen LogP contribution in [0.15, 0.2) is 43.0 Å². The van der Waals surface area contributed by atoms with Gasteiger partial charge in [-0.1, -0.05) is 36.4 Å². The van der Waals surface area contributed by atoms with Gasteiger partial charge in [-0.25, -0.2) is 0 Å². The van der Waals surface area contributed by atoms with Gasteiger partial charge >= 0.3 is 0 Å². The number of hydrogen-bond donors (Lipinski definition) is 0. The van der Waals surface area contributed by atoms with Crippen molar-refractivity contribution in [1.82, 2.24) is 9.80 Å². The molecular formula is C21H28N2O3. The van der Waals surface area contributed by atoms with E-state index in [-0.39, 0.29) is 29.9 Å². The predicted octanol–water partition coefficient (Wildman–Crippen LogP) is 2.59. The van der Waals surface area contributed by atoms with E-state index < -0.39 is 0 Å². The summed E-state index contributed by atoms with van der Waals surface area (Å²) in [5.41, 5.74) is 0.983. The second-order valence-electron chi connectivity index (χ2n) is 7.08. The molecule has 5 nitrogen and oxygen atoms in total. The normalized spacial score (nSPS) is 22.0. The van der Waals surface area contributed by atoms with Crippen LogP contribution in [0, 0.1) is 0 Å². The minimum Gasteiger partial charge on any atom is -0.372 e. The van der Waals surface area contributed by atoms with E-state index in [1.807, 2.05) is 34.9 Å². The molecule has 1 aromatic rings. The number of carbonyl (C=O) groups excluding carboxylic acids is 2. The molecule has 5 heteroatoms. The van der Waals surface area contributed by atoms with E-state index in [9.17, 15) is 9.59 Å². The lowest BCUT2D eigenvalue weighted by Crippen LogP contribution is -2.56. The number of likely N-dealkylation sites (tertiary alicyclic amines) is 2. The quantitative estimate of drug-likeness (QED) is 0.736. The van der Waals surface area contributed by atoms with Crippen molar-refractivity contribution < 1.29 is 14.3 Å². The Morgan fingerprint density at radius 1 is 1.31 bits per heavy atom. The van der Waals surface area contributed by atoms with Crippen LogP contribution in [-0.4, -0.2) is 60.0 Å². The first-order valence-electron chi connectivity index (χ1n) is 9.44. The van der Waals surface area contributed by atoms with Gasteiger partial charge < -0.3 is 14.5 Å². The fourth-order valence-corrected chi connectivity index (χ4v) is 4.48. The monoisotopic (exact) mass is 356 g/mol. The Balaban J connectivity index is 1.82. The van der Waals surface area contributed by atoms with Gasteiger partial charge in [-0.2, -0.15) is 0 Å². The molecule has 0 bridgehead atoms. The van der Waals surface area contributed by atoms with E-state index in [0.29, 0.717) is 32.7 Å². The maximum atomic E-state index is 12.8. The first-order valence-corrected chi connectivity index (χ1v) is 9.44. The molecule has 2 aliphatic rings. The fourth-order valence-electron chi connectivity index (χ4n) is 4.48. The average molecular weight is 356 g/mol. The Labute approximate surface area is 155 Å². The standard InChI is InChI=1S/C21H28N2O3/c1-3-12-23-19(24)15-18(17-8-6-5-7-9-17)21(23)10-13-22(14-11-21)20(25)16-26-4-2/h3,5-9,18H,1,4,10-16H2,2H3. The number of rotatable bonds is 6. The molecule has 2 aliphatic heterocycles. The zero-order valence-corrected chi connectivity index (χ0v) is 15.5. The number of benzene rings is 1. The SMILES string of the molecule is C=CCN1C(=O)CC(c2ccccc2)C12CCN(C(=O)COCC)CC2. The van der Waals surface area contributed by atoms with Crippen molar-refractivity contribution in [1.29, 1.82) is 0 Å². The molecule has 0 saturated carbocycles. The third-order valence-corrected chi connectivity index (χ3v) is 5.79. The first kappa shape index (κ1) is 18.6. The molecule has 0 N–H and O–H groups in total. The number of piperidine rings is 1. The largest absolute Gasteiger partial charge is 0.372 e. The molecule has 2 amide bonds. The summed E-state index contributed by atoms with van der Waals surface area (Å²) in [7, 11) is 0. The lowest BCUT2D eigenvalue weighted by atomic mass is 9.73. The van der Waals surface area contributed by atoms with Crippen molar-refractivity contribution in [3.05, 3.63) is 48.6 Å². The number of hydrogen-bond acceptors (Lipinski definition) is 3. The van der Waals surface area contributed by atoms with Crippen LogP contribution in [-0.2, 0) is 14.3 Å². The maximum Gasteiger partial charge on any atom is 0.248 e. The van der Waals surface area contributed by atoms with Crippen LogP contribution in [0.3, 0.4) is 0 Å². The Morgan fingerprint density at radius 2 is 2.00 bits per heavy atom. The second kappa shape index (κ2) is 8.04. The molecule has 2 saturated heterocycles. The highest BCUT2D eigenvalue weighted by atomic mass is 16.5. The lowest BCUT2D eigenvalue weighted by Gasteiger charge is -2.47. The summed E-state index contributed by atoms with van der Waals surface area (Å²) < 4.78 is 5.26. The van der Waals surface area contributed by atoms with Gasteiger partial charge in [-0.15, -0.1) is 6.58 Å². The Bertz CT molecular complexity index is 650. The van der Waals surface area contributed by atoms with Gasteiger partial charge in [0.1, 0.15) is 6.61 Å². The zero-order valence-electron chi connectivity index (χ0n) is 15.5. The van der Waals surface area contributed by atoms with E-state index in [4.69, 9.17) is 4.74 Å². The summed E-state index contributed by atoms with van der Waals surface area (Å²) in [6.45, 7) is 8.30. The smallest absolute Gasteiger partial charge is 0.248 e. The summed E-state index contributed by atoms with van der Waals surface area (Å²) in [5, 5.41) is 0. The highest BCUT2D eigenvalue weighted by molar-refractivity contribution is 5.82. The van der Waals surface area contributed by atoms with Crippen LogP contribution in [0.4, 0.5) is 0 Å². The molecule has 1 atom stereocenters. The molecule has 0 aliphatic carbocycles. The molecule has 0 aromatic heterocycles. The predicted molar refractivity (Wildman–Crippen MR) is 101 cm³/mol. The van der Waals surface area contributed by atoms with E-state index in [1.165, 1.54) is 5.56 Å². The highest BCUT2D eigenvalue weighted by Crippen LogP contribution is 2.48. The van der Waals surface area contributed by atoms with Gasteiger partial charge in [-0.05, 0) is 25.3 Å². The van der Waals surface area contributed by atoms with Gasteiger partial charge in [0, 0.05) is 38.6 Å². The van der Waals surface area contributed by atoms with Crippen molar-refractivity contribution in [3.8, 4) is 0 Å². The fraction of sp³-hybridized carbons (Fsp3) is 0.524. The number of nitrogens with zero attached hydrogens (tertiary/aromatic N) is 2. The minimum atomic E-state index is -0.227. The third kappa shape index (κ3) is 3.40. The lowest BCUT2D eigenvalue weighted by molar-refractivity contribution is -0.139. The van der Waals surface area contributed by atoms with Crippen LogP contribution in [0.1, 0.15) is 37.7 Å². The van der Waals surface area contributed by atoms with E-state index in [0.717, 1.165) is 12.8 Å². The van der Waals surface area contributed by atoms with Crippen molar-refractivity contribution in [2.24, 2.45) is 0 Å². The molecule has 2 fully saturated rings. The molecule has 2 heterocycles. The topological polar surface area (TPSA) is 49.9 Å². The summed E-state index contributed by atoms with van der Waals surface area (Å²) in [6, 6.07) is 10.3. The zero-order chi connectivity index (χ0) is 18.6. The van der Waals surface area contributed by atoms with Crippen LogP contribution < -0.4 is 0 Å². The van der Waals surface area contributed by atoms with Crippen molar-refractivity contribution in [2.45, 2.75) is 37.6 Å². The summed E-state index contributed by atoms with van der Waals surface area (Å²) >= 11 is 0. The summed E-state index contributed by atoms with van der Waals surface area (Å²) in [6.07, 6.45) is 3.93. The molecule has 1 aromatic carbocycles. The Kier molecular flexibility index (Phi) is 5.77. The highest BCUT2D eigenvalue weighted by Gasteiger charge is 2.53. The molecule has 140 valence electrons. The summed E-state index contributed by atoms with van der Waals surface area (Å²) in [5.74, 6) is 0.394. The van der Waals surface area contributed by atoms with Crippen molar-refractivity contribution in [2.75, 3.05) is 32.8 Å². The average Bonchev–Trinajstić information content (AvgIpc) is 2.93. The molecule has 1 spiro atoms. The number of ether oxygens (including phenoxy) is 1. The van der Waals surface area contributed by atoms with Crippen LogP contribution in [0.2, 0.25) is 0 Å².